The molecule has 13 heteroatoms. The van der Waals surface area contributed by atoms with Gasteiger partial charge in [0, 0.05) is 29.8 Å². The smallest absolute Gasteiger partial charge is 0.403 e. The van der Waals surface area contributed by atoms with Gasteiger partial charge < -0.3 is 14.4 Å². The minimum absolute atomic E-state index is 0.0468. The van der Waals surface area contributed by atoms with Crippen molar-refractivity contribution < 1.29 is 28.0 Å². The summed E-state index contributed by atoms with van der Waals surface area (Å²) in [4.78, 5) is 14.3. The number of fused-ring (bicyclic) bond motifs is 1. The summed E-state index contributed by atoms with van der Waals surface area (Å²) in [5, 5.41) is 5.06. The number of rotatable bonds is 4. The third-order valence-corrected chi connectivity index (χ3v) is 7.01. The lowest BCUT2D eigenvalue weighted by Crippen LogP contribution is -2.46. The topological polar surface area (TPSA) is 112 Å². The number of aryl methyl sites for hydroxylation is 3. The van der Waals surface area contributed by atoms with Crippen molar-refractivity contribution in [3.63, 3.8) is 0 Å². The van der Waals surface area contributed by atoms with Gasteiger partial charge in [-0.05, 0) is 51.4 Å². The number of aromatic nitrogens is 2. The number of hydrogen-bond donors (Lipinski definition) is 2. The van der Waals surface area contributed by atoms with Gasteiger partial charge in [0.2, 0.25) is 0 Å². The fourth-order valence-electron chi connectivity index (χ4n) is 3.82. The number of aromatic amines is 1. The summed E-state index contributed by atoms with van der Waals surface area (Å²) in [7, 11) is 9.23. The van der Waals surface area contributed by atoms with Crippen molar-refractivity contribution in [2.24, 2.45) is 0 Å². The maximum Gasteiger partial charge on any atom is 0.529 e. The van der Waals surface area contributed by atoms with Gasteiger partial charge in [-0.25, -0.2) is 4.57 Å². The number of H-pyrrole nitrogens is 1. The third-order valence-electron chi connectivity index (χ3n) is 5.30. The van der Waals surface area contributed by atoms with E-state index in [1.54, 1.807) is 17.7 Å². The van der Waals surface area contributed by atoms with E-state index in [1.807, 2.05) is 26.0 Å². The molecular weight excluding hydrogens is 465 g/mol. The number of benzene rings is 1. The van der Waals surface area contributed by atoms with Gasteiger partial charge in [0.15, 0.2) is 4.77 Å². The van der Waals surface area contributed by atoms with E-state index in [1.165, 1.54) is 0 Å². The Kier molecular flexibility index (Phi) is 7.78. The van der Waals surface area contributed by atoms with E-state index in [9.17, 15) is 9.36 Å². The van der Waals surface area contributed by atoms with Crippen LogP contribution in [0.2, 0.25) is 0 Å². The Hall–Kier alpha value is -1.68. The molecule has 2 aliphatic heterocycles. The molecule has 2 aromatic rings. The van der Waals surface area contributed by atoms with Crippen LogP contribution in [0.15, 0.2) is 23.1 Å². The highest BCUT2D eigenvalue weighted by Crippen LogP contribution is 2.58. The first kappa shape index (κ1) is 25.9. The average molecular weight is 490 g/mol. The first-order chi connectivity index (χ1) is 15.5. The Morgan fingerprint density at radius 1 is 1.24 bits per heavy atom. The second kappa shape index (κ2) is 9.90. The second-order valence-corrected chi connectivity index (χ2v) is 9.87. The van der Waals surface area contributed by atoms with Crippen LogP contribution >= 0.6 is 20.0 Å². The Morgan fingerprint density at radius 3 is 2.64 bits per heavy atom. The lowest BCUT2D eigenvalue weighted by Gasteiger charge is -2.37. The predicted octanol–water partition coefficient (Wildman–Crippen LogP) is 2.84. The summed E-state index contributed by atoms with van der Waals surface area (Å²) < 4.78 is 37.4. The first-order valence-corrected chi connectivity index (χ1v) is 12.1. The van der Waals surface area contributed by atoms with Crippen LogP contribution in [-0.4, -0.2) is 49.0 Å². The lowest BCUT2D eigenvalue weighted by atomic mass is 9.61. The second-order valence-electron chi connectivity index (χ2n) is 7.96. The minimum Gasteiger partial charge on any atom is -0.403 e. The van der Waals surface area contributed by atoms with Crippen LogP contribution in [0.5, 0.6) is 5.75 Å². The number of phosphoric ester groups is 1. The quantitative estimate of drug-likeness (QED) is 0.383. The highest BCUT2D eigenvalue weighted by molar-refractivity contribution is 7.71. The monoisotopic (exact) mass is 490 g/mol. The van der Waals surface area contributed by atoms with Crippen molar-refractivity contribution in [2.45, 2.75) is 58.0 Å². The molecule has 0 spiro atoms. The van der Waals surface area contributed by atoms with E-state index in [4.69, 9.17) is 51.3 Å². The zero-order valence-corrected chi connectivity index (χ0v) is 20.6. The molecule has 1 aromatic heterocycles. The number of hydrogen-bond acceptors (Lipinski definition) is 8. The molecule has 3 atom stereocenters. The van der Waals surface area contributed by atoms with Crippen LogP contribution in [-0.2, 0) is 25.0 Å². The molecule has 0 bridgehead atoms. The molecule has 3 unspecified atom stereocenters. The van der Waals surface area contributed by atoms with Gasteiger partial charge in [0.25, 0.3) is 5.56 Å². The molecule has 2 aliphatic rings. The number of aliphatic hydroxyl groups excluding tert-OH is 1. The molecule has 2 N–H and O–H groups in total. The van der Waals surface area contributed by atoms with Crippen molar-refractivity contribution in [3.8, 4) is 5.75 Å². The van der Waals surface area contributed by atoms with E-state index in [0.29, 0.717) is 24.2 Å². The molecular formula is C20H25B2N2O7PS. The molecule has 0 amide bonds. The summed E-state index contributed by atoms with van der Waals surface area (Å²) in [6.07, 6.45) is 1.21. The van der Waals surface area contributed by atoms with Gasteiger partial charge >= 0.3 is 7.82 Å². The van der Waals surface area contributed by atoms with Gasteiger partial charge in [-0.15, -0.1) is 0 Å². The largest absolute Gasteiger partial charge is 0.529 e. The molecule has 4 rings (SSSR count). The Bertz CT molecular complexity index is 1200. The fourth-order valence-corrected chi connectivity index (χ4v) is 5.51. The fraction of sp³-hybridized carbons (Fsp3) is 0.500. The molecule has 3 heterocycles. The first-order valence-electron chi connectivity index (χ1n) is 10.2. The Balaban J connectivity index is 0.00000149. The summed E-state index contributed by atoms with van der Waals surface area (Å²) >= 11 is 5.22. The van der Waals surface area contributed by atoms with Crippen LogP contribution in [0, 0.1) is 25.5 Å². The maximum atomic E-state index is 13.1. The standard InChI is InChI=1S/C19H21B2N2O6PS.CH4O/c1-10-6-11(2)16-13(7-10)9-26-30(25,28-16)29-19(20,21)14-4-5-15(27-14)23-8-12(3)17(24)22-18(23)31;1-2/h6-8,14-15H,4-5,9H2,1-3H3,(H,22,24,31);2H,1H3. The van der Waals surface area contributed by atoms with Crippen molar-refractivity contribution in [2.75, 3.05) is 7.11 Å². The molecule has 1 aromatic carbocycles. The van der Waals surface area contributed by atoms with E-state index in [2.05, 4.69) is 4.98 Å². The van der Waals surface area contributed by atoms with Gasteiger partial charge in [0.05, 0.1) is 12.7 Å². The Labute approximate surface area is 199 Å². The summed E-state index contributed by atoms with van der Waals surface area (Å²) in [6.45, 7) is 5.51. The Morgan fingerprint density at radius 2 is 1.94 bits per heavy atom. The summed E-state index contributed by atoms with van der Waals surface area (Å²) in [5.41, 5.74) is 2.84. The molecule has 4 radical (unpaired) electrons. The van der Waals surface area contributed by atoms with Crippen LogP contribution in [0.1, 0.15) is 41.3 Å². The lowest BCUT2D eigenvalue weighted by molar-refractivity contribution is -0.0508. The average Bonchev–Trinajstić information content (AvgIpc) is 3.23. The number of nitrogens with one attached hydrogen (secondary N) is 1. The molecule has 174 valence electrons. The van der Waals surface area contributed by atoms with Gasteiger partial charge in [-0.1, -0.05) is 17.7 Å². The van der Waals surface area contributed by atoms with Gasteiger partial charge in [-0.2, -0.15) is 0 Å². The molecule has 1 fully saturated rings. The summed E-state index contributed by atoms with van der Waals surface area (Å²) in [6, 6.07) is 3.80. The minimum atomic E-state index is -4.08. The molecule has 9 nitrogen and oxygen atoms in total. The zero-order chi connectivity index (χ0) is 24.6. The van der Waals surface area contributed by atoms with E-state index >= 15 is 0 Å². The zero-order valence-electron chi connectivity index (χ0n) is 18.9. The molecule has 1 saturated heterocycles. The van der Waals surface area contributed by atoms with Crippen LogP contribution < -0.4 is 10.1 Å². The van der Waals surface area contributed by atoms with Crippen LogP contribution in [0.25, 0.3) is 0 Å². The summed E-state index contributed by atoms with van der Waals surface area (Å²) in [5.74, 6) is 0.441. The van der Waals surface area contributed by atoms with Crippen LogP contribution in [0.3, 0.4) is 0 Å². The normalized spacial score (nSPS) is 24.4. The van der Waals surface area contributed by atoms with Crippen molar-refractivity contribution in [3.05, 3.63) is 55.7 Å². The van der Waals surface area contributed by atoms with Crippen molar-refractivity contribution in [1.29, 1.82) is 0 Å². The number of nitrogens with zero attached hydrogens (tertiary/aromatic N) is 1. The highest BCUT2D eigenvalue weighted by atomic mass is 32.1. The maximum absolute atomic E-state index is 13.1. The van der Waals surface area contributed by atoms with Gasteiger partial charge in [-0.3, -0.25) is 23.4 Å². The van der Waals surface area contributed by atoms with E-state index in [-0.39, 0.29) is 16.9 Å². The van der Waals surface area contributed by atoms with Crippen molar-refractivity contribution in [1.82, 2.24) is 9.55 Å². The number of phosphoric acid groups is 1. The SMILES string of the molecule is CO.[B]C([B])(OP1(=O)OCc2cc(C)cc(C)c2O1)C1CCC(n2cc(C)c(=O)[nH]c2=S)O1. The van der Waals surface area contributed by atoms with Gasteiger partial charge in [0.1, 0.15) is 27.7 Å². The molecule has 0 aliphatic carbocycles. The number of aliphatic hydroxyl groups is 1. The van der Waals surface area contributed by atoms with E-state index < -0.39 is 25.6 Å². The third kappa shape index (κ3) is 5.53. The number of ether oxygens (including phenoxy) is 1. The predicted molar refractivity (Wildman–Crippen MR) is 126 cm³/mol. The highest BCUT2D eigenvalue weighted by Gasteiger charge is 2.46. The van der Waals surface area contributed by atoms with Crippen molar-refractivity contribution >= 4 is 35.7 Å². The van der Waals surface area contributed by atoms with Crippen LogP contribution in [0.4, 0.5) is 0 Å². The molecule has 0 saturated carbocycles. The van der Waals surface area contributed by atoms with E-state index in [0.717, 1.165) is 23.8 Å². The molecule has 33 heavy (non-hydrogen) atoms.